The first-order valence-corrected chi connectivity index (χ1v) is 6.75. The van der Waals surface area contributed by atoms with Crippen molar-refractivity contribution in [3.63, 3.8) is 0 Å². The first kappa shape index (κ1) is 16.4. The van der Waals surface area contributed by atoms with Crippen LogP contribution in [0.2, 0.25) is 0 Å². The SMILES string of the molecule is CC(C)NCc1cccc(F)c1OCCC(=O)N(C)C. The highest BCUT2D eigenvalue weighted by Crippen LogP contribution is 2.23. The fraction of sp³-hybridized carbons (Fsp3) is 0.533. The van der Waals surface area contributed by atoms with Gasteiger partial charge in [-0.2, -0.15) is 0 Å². The van der Waals surface area contributed by atoms with E-state index in [4.69, 9.17) is 4.74 Å². The van der Waals surface area contributed by atoms with E-state index in [0.717, 1.165) is 5.56 Å². The molecule has 0 saturated carbocycles. The number of nitrogens with zero attached hydrogens (tertiary/aromatic N) is 1. The third-order valence-electron chi connectivity index (χ3n) is 2.81. The van der Waals surface area contributed by atoms with Crippen molar-refractivity contribution in [2.75, 3.05) is 20.7 Å². The lowest BCUT2D eigenvalue weighted by Crippen LogP contribution is -2.24. The van der Waals surface area contributed by atoms with Gasteiger partial charge in [0.05, 0.1) is 13.0 Å². The van der Waals surface area contributed by atoms with Crippen LogP contribution in [-0.4, -0.2) is 37.6 Å². The fourth-order valence-corrected chi connectivity index (χ4v) is 1.63. The second kappa shape index (κ2) is 7.85. The van der Waals surface area contributed by atoms with Crippen molar-refractivity contribution in [2.45, 2.75) is 32.9 Å². The molecule has 0 aliphatic carbocycles. The van der Waals surface area contributed by atoms with E-state index in [-0.39, 0.29) is 24.7 Å². The summed E-state index contributed by atoms with van der Waals surface area (Å²) < 4.78 is 19.3. The monoisotopic (exact) mass is 282 g/mol. The minimum absolute atomic E-state index is 0.0387. The van der Waals surface area contributed by atoms with Gasteiger partial charge in [0.1, 0.15) is 0 Å². The molecule has 0 aromatic heterocycles. The molecule has 0 fully saturated rings. The van der Waals surface area contributed by atoms with E-state index < -0.39 is 5.82 Å². The van der Waals surface area contributed by atoms with Gasteiger partial charge in [-0.15, -0.1) is 0 Å². The number of amides is 1. The Balaban J connectivity index is 2.65. The topological polar surface area (TPSA) is 41.6 Å². The lowest BCUT2D eigenvalue weighted by atomic mass is 10.2. The van der Waals surface area contributed by atoms with Crippen molar-refractivity contribution in [3.05, 3.63) is 29.6 Å². The van der Waals surface area contributed by atoms with Crippen molar-refractivity contribution >= 4 is 5.91 Å². The number of hydrogen-bond donors (Lipinski definition) is 1. The van der Waals surface area contributed by atoms with Crippen molar-refractivity contribution in [3.8, 4) is 5.75 Å². The first-order chi connectivity index (χ1) is 9.41. The summed E-state index contributed by atoms with van der Waals surface area (Å²) in [6.07, 6.45) is 0.235. The minimum Gasteiger partial charge on any atom is -0.490 e. The molecular weight excluding hydrogens is 259 g/mol. The molecule has 112 valence electrons. The maximum atomic E-state index is 13.8. The van der Waals surface area contributed by atoms with Crippen LogP contribution in [0.15, 0.2) is 18.2 Å². The predicted molar refractivity (Wildman–Crippen MR) is 77.2 cm³/mol. The molecule has 20 heavy (non-hydrogen) atoms. The van der Waals surface area contributed by atoms with E-state index in [1.54, 1.807) is 20.2 Å². The Bertz CT molecular complexity index is 447. The zero-order valence-corrected chi connectivity index (χ0v) is 12.6. The Morgan fingerprint density at radius 3 is 2.70 bits per heavy atom. The standard InChI is InChI=1S/C15H23FN2O2/c1-11(2)17-10-12-6-5-7-13(16)15(12)20-9-8-14(19)18(3)4/h5-7,11,17H,8-10H2,1-4H3. The molecule has 1 rings (SSSR count). The average molecular weight is 282 g/mol. The van der Waals surface area contributed by atoms with Gasteiger partial charge in [0.25, 0.3) is 0 Å². The van der Waals surface area contributed by atoms with Crippen LogP contribution in [0.1, 0.15) is 25.8 Å². The van der Waals surface area contributed by atoms with Gasteiger partial charge in [-0.1, -0.05) is 26.0 Å². The molecule has 0 saturated heterocycles. The highest BCUT2D eigenvalue weighted by atomic mass is 19.1. The molecule has 1 aromatic rings. The van der Waals surface area contributed by atoms with Crippen molar-refractivity contribution < 1.29 is 13.9 Å². The van der Waals surface area contributed by atoms with Crippen LogP contribution in [0.3, 0.4) is 0 Å². The molecule has 0 radical (unpaired) electrons. The van der Waals surface area contributed by atoms with Gasteiger partial charge in [0.15, 0.2) is 11.6 Å². The number of ether oxygens (including phenoxy) is 1. The molecule has 0 atom stereocenters. The maximum absolute atomic E-state index is 13.8. The van der Waals surface area contributed by atoms with Crippen LogP contribution in [0.4, 0.5) is 4.39 Å². The number of rotatable bonds is 7. The average Bonchev–Trinajstić information content (AvgIpc) is 2.38. The van der Waals surface area contributed by atoms with Gasteiger partial charge in [0.2, 0.25) is 5.91 Å². The van der Waals surface area contributed by atoms with E-state index in [2.05, 4.69) is 5.32 Å². The summed E-state index contributed by atoms with van der Waals surface area (Å²) in [5.41, 5.74) is 0.760. The summed E-state index contributed by atoms with van der Waals surface area (Å²) in [6.45, 7) is 4.75. The van der Waals surface area contributed by atoms with Crippen molar-refractivity contribution in [2.24, 2.45) is 0 Å². The van der Waals surface area contributed by atoms with E-state index in [1.807, 2.05) is 19.9 Å². The summed E-state index contributed by atoms with van der Waals surface area (Å²) in [4.78, 5) is 12.9. The number of nitrogens with one attached hydrogen (secondary N) is 1. The zero-order chi connectivity index (χ0) is 15.1. The Morgan fingerprint density at radius 2 is 2.10 bits per heavy atom. The summed E-state index contributed by atoms with van der Waals surface area (Å²) in [6, 6.07) is 5.15. The Morgan fingerprint density at radius 1 is 1.40 bits per heavy atom. The van der Waals surface area contributed by atoms with Crippen LogP contribution in [-0.2, 0) is 11.3 Å². The van der Waals surface area contributed by atoms with E-state index in [1.165, 1.54) is 11.0 Å². The molecule has 1 amide bonds. The molecule has 5 heteroatoms. The number of benzene rings is 1. The van der Waals surface area contributed by atoms with Crippen LogP contribution in [0, 0.1) is 5.82 Å². The summed E-state index contributed by atoms with van der Waals surface area (Å²) in [5, 5.41) is 3.22. The normalized spacial score (nSPS) is 10.7. The Hall–Kier alpha value is -1.62. The largest absolute Gasteiger partial charge is 0.490 e. The van der Waals surface area contributed by atoms with E-state index in [9.17, 15) is 9.18 Å². The van der Waals surface area contributed by atoms with Gasteiger partial charge in [0, 0.05) is 32.2 Å². The summed E-state index contributed by atoms with van der Waals surface area (Å²) in [7, 11) is 3.37. The second-order valence-corrected chi connectivity index (χ2v) is 5.15. The lowest BCUT2D eigenvalue weighted by Gasteiger charge is -2.15. The number of carbonyl (C=O) groups excluding carboxylic acids is 1. The summed E-state index contributed by atoms with van der Waals surface area (Å²) >= 11 is 0. The highest BCUT2D eigenvalue weighted by molar-refractivity contribution is 5.75. The van der Waals surface area contributed by atoms with Crippen molar-refractivity contribution in [1.29, 1.82) is 0 Å². The van der Waals surface area contributed by atoms with Crippen molar-refractivity contribution in [1.82, 2.24) is 10.2 Å². The van der Waals surface area contributed by atoms with Crippen LogP contribution < -0.4 is 10.1 Å². The Kier molecular flexibility index (Phi) is 6.45. The van der Waals surface area contributed by atoms with Crippen LogP contribution in [0.5, 0.6) is 5.75 Å². The number of para-hydroxylation sites is 1. The van der Waals surface area contributed by atoms with Crippen LogP contribution >= 0.6 is 0 Å². The van der Waals surface area contributed by atoms with E-state index in [0.29, 0.717) is 12.6 Å². The third-order valence-corrected chi connectivity index (χ3v) is 2.81. The number of hydrogen-bond acceptors (Lipinski definition) is 3. The number of halogens is 1. The molecule has 0 aliphatic rings. The first-order valence-electron chi connectivity index (χ1n) is 6.75. The zero-order valence-electron chi connectivity index (χ0n) is 12.6. The Labute approximate surface area is 119 Å². The predicted octanol–water partition coefficient (Wildman–Crippen LogP) is 2.18. The summed E-state index contributed by atoms with van der Waals surface area (Å²) in [5.74, 6) is -0.208. The van der Waals surface area contributed by atoms with Gasteiger partial charge in [-0.05, 0) is 6.07 Å². The number of carbonyl (C=O) groups is 1. The van der Waals surface area contributed by atoms with Gasteiger partial charge >= 0.3 is 0 Å². The quantitative estimate of drug-likeness (QED) is 0.833. The smallest absolute Gasteiger partial charge is 0.225 e. The molecule has 1 N–H and O–H groups in total. The third kappa shape index (κ3) is 5.17. The van der Waals surface area contributed by atoms with E-state index >= 15 is 0 Å². The molecule has 0 heterocycles. The van der Waals surface area contributed by atoms with Gasteiger partial charge in [-0.3, -0.25) is 4.79 Å². The van der Waals surface area contributed by atoms with Gasteiger partial charge < -0.3 is 15.0 Å². The molecule has 4 nitrogen and oxygen atoms in total. The molecular formula is C15H23FN2O2. The fourth-order valence-electron chi connectivity index (χ4n) is 1.63. The molecule has 1 aromatic carbocycles. The molecule has 0 bridgehead atoms. The molecule has 0 aliphatic heterocycles. The minimum atomic E-state index is -0.398. The molecule has 0 unspecified atom stereocenters. The molecule has 0 spiro atoms. The lowest BCUT2D eigenvalue weighted by molar-refractivity contribution is -0.129. The highest BCUT2D eigenvalue weighted by Gasteiger charge is 2.11. The maximum Gasteiger partial charge on any atom is 0.225 e. The van der Waals surface area contributed by atoms with Crippen LogP contribution in [0.25, 0.3) is 0 Å². The second-order valence-electron chi connectivity index (χ2n) is 5.15. The van der Waals surface area contributed by atoms with Gasteiger partial charge in [-0.25, -0.2) is 4.39 Å².